The molecule has 1 saturated heterocycles. The van der Waals surface area contributed by atoms with Crippen LogP contribution in [0.5, 0.6) is 0 Å². The largest absolute Gasteiger partial charge is 0.354 e. The van der Waals surface area contributed by atoms with Crippen LogP contribution in [0.15, 0.2) is 36.4 Å². The van der Waals surface area contributed by atoms with Crippen LogP contribution in [-0.4, -0.2) is 31.2 Å². The first kappa shape index (κ1) is 18.9. The maximum Gasteiger partial charge on any atom is 0.129 e. The molecule has 0 saturated carbocycles. The zero-order chi connectivity index (χ0) is 18.6. The molecule has 1 aliphatic carbocycles. The van der Waals surface area contributed by atoms with Gasteiger partial charge in [0.05, 0.1) is 5.69 Å². The van der Waals surface area contributed by atoms with E-state index in [0.717, 1.165) is 37.7 Å². The minimum absolute atomic E-state index is 0.308. The fourth-order valence-electron chi connectivity index (χ4n) is 4.13. The van der Waals surface area contributed by atoms with Crippen molar-refractivity contribution in [3.8, 4) is 11.3 Å². The van der Waals surface area contributed by atoms with E-state index in [1.807, 2.05) is 13.8 Å². The summed E-state index contributed by atoms with van der Waals surface area (Å²) in [5.74, 6) is 1.10. The third kappa shape index (κ3) is 3.93. The maximum absolute atomic E-state index is 4.95. The number of hydrogen-bond acceptors (Lipinski definition) is 3. The van der Waals surface area contributed by atoms with Gasteiger partial charge in [-0.05, 0) is 54.0 Å². The summed E-state index contributed by atoms with van der Waals surface area (Å²) in [6.07, 6.45) is 3.78. The lowest BCUT2D eigenvalue weighted by atomic mass is 9.72. The van der Waals surface area contributed by atoms with E-state index >= 15 is 0 Å². The van der Waals surface area contributed by atoms with Crippen molar-refractivity contribution in [2.24, 2.45) is 0 Å². The predicted molar refractivity (Wildman–Crippen MR) is 112 cm³/mol. The van der Waals surface area contributed by atoms with Gasteiger partial charge in [0.1, 0.15) is 5.82 Å². The maximum atomic E-state index is 4.95. The Hall–Kier alpha value is -1.87. The highest BCUT2D eigenvalue weighted by Crippen LogP contribution is 2.38. The highest BCUT2D eigenvalue weighted by atomic mass is 15.2. The van der Waals surface area contributed by atoms with Crippen molar-refractivity contribution >= 4 is 5.82 Å². The SMILES string of the molecule is CC.CC1(C)CCCc2cc(-c3cccc(N4CCNCC4)n3)ccc21. The molecule has 3 heteroatoms. The van der Waals surface area contributed by atoms with Crippen LogP contribution >= 0.6 is 0 Å². The summed E-state index contributed by atoms with van der Waals surface area (Å²) in [6.45, 7) is 12.9. The second kappa shape index (κ2) is 8.22. The van der Waals surface area contributed by atoms with Gasteiger partial charge in [-0.3, -0.25) is 0 Å². The first-order valence-corrected chi connectivity index (χ1v) is 10.2. The Morgan fingerprint density at radius 2 is 1.81 bits per heavy atom. The number of fused-ring (bicyclic) bond motifs is 1. The number of aromatic nitrogens is 1. The topological polar surface area (TPSA) is 28.2 Å². The van der Waals surface area contributed by atoms with Gasteiger partial charge in [-0.25, -0.2) is 4.98 Å². The molecule has 0 atom stereocenters. The van der Waals surface area contributed by atoms with Gasteiger partial charge in [0, 0.05) is 31.7 Å². The fraction of sp³-hybridized carbons (Fsp3) is 0.522. The number of nitrogens with zero attached hydrogens (tertiary/aromatic N) is 2. The molecular formula is C23H33N3. The number of aryl methyl sites for hydroxylation is 1. The Morgan fingerprint density at radius 3 is 2.58 bits per heavy atom. The van der Waals surface area contributed by atoms with Crippen LogP contribution in [0, 0.1) is 0 Å². The first-order chi connectivity index (χ1) is 12.6. The standard InChI is InChI=1S/C21H27N3.C2H6/c1-21(2)10-4-5-16-15-17(8-9-18(16)21)19-6-3-7-20(23-19)24-13-11-22-12-14-24;1-2/h3,6-9,15,22H,4-5,10-14H2,1-2H3;1-2H3. The third-order valence-electron chi connectivity index (χ3n) is 5.55. The number of nitrogens with one attached hydrogen (secondary N) is 1. The van der Waals surface area contributed by atoms with Gasteiger partial charge < -0.3 is 10.2 Å². The fourth-order valence-corrected chi connectivity index (χ4v) is 4.13. The number of benzene rings is 1. The van der Waals surface area contributed by atoms with E-state index in [1.54, 1.807) is 0 Å². The highest BCUT2D eigenvalue weighted by molar-refractivity contribution is 5.64. The summed E-state index contributed by atoms with van der Waals surface area (Å²) in [7, 11) is 0. The lowest BCUT2D eigenvalue weighted by Gasteiger charge is -2.33. The summed E-state index contributed by atoms with van der Waals surface area (Å²) in [5, 5.41) is 3.40. The Labute approximate surface area is 158 Å². The Bertz CT molecular complexity index is 730. The quantitative estimate of drug-likeness (QED) is 0.842. The third-order valence-corrected chi connectivity index (χ3v) is 5.55. The molecule has 0 unspecified atom stereocenters. The summed E-state index contributed by atoms with van der Waals surface area (Å²) in [6, 6.07) is 13.4. The van der Waals surface area contributed by atoms with Crippen LogP contribution in [0.25, 0.3) is 11.3 Å². The van der Waals surface area contributed by atoms with Crippen LogP contribution in [0.3, 0.4) is 0 Å². The van der Waals surface area contributed by atoms with Crippen molar-refractivity contribution in [2.75, 3.05) is 31.1 Å². The lowest BCUT2D eigenvalue weighted by Crippen LogP contribution is -2.43. The number of hydrogen-bond donors (Lipinski definition) is 1. The lowest BCUT2D eigenvalue weighted by molar-refractivity contribution is 0.432. The molecule has 2 heterocycles. The second-order valence-electron chi connectivity index (χ2n) is 7.73. The molecule has 26 heavy (non-hydrogen) atoms. The molecule has 140 valence electrons. The molecule has 4 rings (SSSR count). The van der Waals surface area contributed by atoms with Crippen LogP contribution < -0.4 is 10.2 Å². The summed E-state index contributed by atoms with van der Waals surface area (Å²) < 4.78 is 0. The van der Waals surface area contributed by atoms with E-state index in [9.17, 15) is 0 Å². The molecule has 0 radical (unpaired) electrons. The van der Waals surface area contributed by atoms with E-state index in [0.29, 0.717) is 5.41 Å². The highest BCUT2D eigenvalue weighted by Gasteiger charge is 2.27. The van der Waals surface area contributed by atoms with Crippen LogP contribution in [0.1, 0.15) is 51.7 Å². The van der Waals surface area contributed by atoms with Gasteiger partial charge in [-0.15, -0.1) is 0 Å². The second-order valence-corrected chi connectivity index (χ2v) is 7.73. The van der Waals surface area contributed by atoms with Crippen molar-refractivity contribution < 1.29 is 0 Å². The monoisotopic (exact) mass is 351 g/mol. The van der Waals surface area contributed by atoms with Crippen molar-refractivity contribution in [3.05, 3.63) is 47.5 Å². The molecule has 3 nitrogen and oxygen atoms in total. The molecule has 0 amide bonds. The minimum Gasteiger partial charge on any atom is -0.354 e. The first-order valence-electron chi connectivity index (χ1n) is 10.2. The molecule has 2 aliphatic rings. The molecule has 1 aromatic carbocycles. The Morgan fingerprint density at radius 1 is 1.04 bits per heavy atom. The molecule has 1 aliphatic heterocycles. The molecule has 0 spiro atoms. The Balaban J connectivity index is 0.000000948. The number of rotatable bonds is 2. The average Bonchev–Trinajstić information content (AvgIpc) is 2.70. The van der Waals surface area contributed by atoms with E-state index in [-0.39, 0.29) is 0 Å². The zero-order valence-corrected chi connectivity index (χ0v) is 16.8. The normalized spacial score (nSPS) is 18.5. The van der Waals surface area contributed by atoms with Gasteiger partial charge >= 0.3 is 0 Å². The molecule has 1 aromatic heterocycles. The Kier molecular flexibility index (Phi) is 5.98. The van der Waals surface area contributed by atoms with Gasteiger partial charge in [0.25, 0.3) is 0 Å². The molecule has 0 bridgehead atoms. The van der Waals surface area contributed by atoms with E-state index < -0.39 is 0 Å². The average molecular weight is 352 g/mol. The van der Waals surface area contributed by atoms with E-state index in [4.69, 9.17) is 4.98 Å². The summed E-state index contributed by atoms with van der Waals surface area (Å²) >= 11 is 0. The van der Waals surface area contributed by atoms with E-state index in [2.05, 4.69) is 60.5 Å². The van der Waals surface area contributed by atoms with Gasteiger partial charge in [0.2, 0.25) is 0 Å². The van der Waals surface area contributed by atoms with Crippen molar-refractivity contribution in [3.63, 3.8) is 0 Å². The smallest absolute Gasteiger partial charge is 0.129 e. The number of piperazine rings is 1. The van der Waals surface area contributed by atoms with Crippen LogP contribution in [0.2, 0.25) is 0 Å². The molecular weight excluding hydrogens is 318 g/mol. The summed E-state index contributed by atoms with van der Waals surface area (Å²) in [5.41, 5.74) is 5.69. The molecule has 1 fully saturated rings. The molecule has 2 aromatic rings. The van der Waals surface area contributed by atoms with Crippen molar-refractivity contribution in [2.45, 2.75) is 52.4 Å². The van der Waals surface area contributed by atoms with Gasteiger partial charge in [-0.2, -0.15) is 0 Å². The van der Waals surface area contributed by atoms with Crippen LogP contribution in [0.4, 0.5) is 5.82 Å². The van der Waals surface area contributed by atoms with E-state index in [1.165, 1.54) is 36.0 Å². The van der Waals surface area contributed by atoms with Crippen molar-refractivity contribution in [1.82, 2.24) is 10.3 Å². The predicted octanol–water partition coefficient (Wildman–Crippen LogP) is 4.80. The summed E-state index contributed by atoms with van der Waals surface area (Å²) in [4.78, 5) is 7.33. The zero-order valence-electron chi connectivity index (χ0n) is 16.8. The molecule has 1 N–H and O–H groups in total. The van der Waals surface area contributed by atoms with Crippen molar-refractivity contribution in [1.29, 1.82) is 0 Å². The van der Waals surface area contributed by atoms with Crippen LogP contribution in [-0.2, 0) is 11.8 Å². The minimum atomic E-state index is 0.308. The number of pyridine rings is 1. The number of anilines is 1. The van der Waals surface area contributed by atoms with Gasteiger partial charge in [0.15, 0.2) is 0 Å². The van der Waals surface area contributed by atoms with Gasteiger partial charge in [-0.1, -0.05) is 45.9 Å².